The highest BCUT2D eigenvalue weighted by Crippen LogP contribution is 2.41. The fourth-order valence-electron chi connectivity index (χ4n) is 2.01. The first-order valence-electron chi connectivity index (χ1n) is 6.54. The van der Waals surface area contributed by atoms with E-state index in [-0.39, 0.29) is 0 Å². The summed E-state index contributed by atoms with van der Waals surface area (Å²) in [4.78, 5) is 10.4. The molecule has 0 aliphatic rings. The Hall–Kier alpha value is -0.950. The summed E-state index contributed by atoms with van der Waals surface area (Å²) in [5, 5.41) is 0. The number of rotatable bonds is 6. The van der Waals surface area contributed by atoms with Gasteiger partial charge in [0.05, 0.1) is 6.26 Å². The third-order valence-corrected chi connectivity index (χ3v) is 6.13. The second kappa shape index (κ2) is 7.00. The molecule has 0 aliphatic heterocycles. The Morgan fingerprint density at radius 3 is 1.47 bits per heavy atom. The molecule has 3 heteroatoms. The normalized spacial score (nSPS) is 11.4. The van der Waals surface area contributed by atoms with Gasteiger partial charge in [-0.1, -0.05) is 72.5 Å². The van der Waals surface area contributed by atoms with E-state index in [0.717, 1.165) is 25.2 Å². The molecule has 0 amide bonds. The molecule has 0 radical (unpaired) electrons. The monoisotopic (exact) mass is 290 g/mol. The zero-order valence-corrected chi connectivity index (χ0v) is 12.6. The predicted octanol–water partition coefficient (Wildman–Crippen LogP) is 3.86. The Labute approximate surface area is 120 Å². The van der Waals surface area contributed by atoms with Crippen LogP contribution in [0.5, 0.6) is 0 Å². The molecular weight excluding hydrogens is 271 g/mol. The lowest BCUT2D eigenvalue weighted by molar-refractivity contribution is 0.618. The minimum atomic E-state index is -2.19. The maximum absolute atomic E-state index is 10.4. The molecule has 0 unspecified atom stereocenters. The van der Waals surface area contributed by atoms with Gasteiger partial charge in [0, 0.05) is 12.3 Å². The molecule has 0 bridgehead atoms. The quantitative estimate of drug-likeness (QED) is 0.815. The van der Waals surface area contributed by atoms with E-state index < -0.39 is 6.26 Å². The van der Waals surface area contributed by atoms with Crippen LogP contribution in [0, 0.1) is 0 Å². The highest BCUT2D eigenvalue weighted by Gasteiger charge is 2.12. The number of hydrogen-bond donors (Lipinski definition) is 1. The second-order valence-corrected chi connectivity index (χ2v) is 9.39. The van der Waals surface area contributed by atoms with Crippen molar-refractivity contribution in [1.82, 2.24) is 0 Å². The fraction of sp³-hybridized carbons (Fsp3) is 0.250. The van der Waals surface area contributed by atoms with Crippen LogP contribution in [-0.4, -0.2) is 17.2 Å². The maximum Gasteiger partial charge on any atom is 0.0643 e. The molecular formula is C16H19OPS. The molecule has 100 valence electrons. The molecule has 0 heterocycles. The zero-order chi connectivity index (χ0) is 13.6. The van der Waals surface area contributed by atoms with Gasteiger partial charge in [-0.3, -0.25) is 0 Å². The van der Waals surface area contributed by atoms with Gasteiger partial charge in [0.25, 0.3) is 0 Å². The number of hydrogen-bond acceptors (Lipinski definition) is 1. The first-order valence-corrected chi connectivity index (χ1v) is 9.67. The third-order valence-electron chi connectivity index (χ3n) is 3.19. The first kappa shape index (κ1) is 14.5. The van der Waals surface area contributed by atoms with E-state index in [1.54, 1.807) is 0 Å². The molecule has 0 aromatic heterocycles. The van der Waals surface area contributed by atoms with Crippen LogP contribution in [-0.2, 0) is 24.6 Å². The van der Waals surface area contributed by atoms with Crippen LogP contribution in [0.3, 0.4) is 0 Å². The predicted molar refractivity (Wildman–Crippen MR) is 86.5 cm³/mol. The molecule has 2 aromatic carbocycles. The molecule has 1 N–H and O–H groups in total. The molecule has 0 saturated heterocycles. The van der Waals surface area contributed by atoms with E-state index in [4.69, 9.17) is 11.8 Å². The van der Waals surface area contributed by atoms with Gasteiger partial charge in [0.1, 0.15) is 0 Å². The topological polar surface area (TPSA) is 20.2 Å². The Balaban J connectivity index is 1.84. The van der Waals surface area contributed by atoms with Crippen molar-refractivity contribution in [1.29, 1.82) is 0 Å². The van der Waals surface area contributed by atoms with E-state index >= 15 is 0 Å². The standard InChI is InChI=1S/C16H19OPS/c17-18(19,13-11-15-7-3-1-4-8-15)14-12-16-9-5-2-6-10-16/h1-10H,11-14H2,(H,17,19). The Kier molecular flexibility index (Phi) is 5.33. The average Bonchev–Trinajstić information content (AvgIpc) is 2.46. The van der Waals surface area contributed by atoms with Crippen LogP contribution in [0.4, 0.5) is 0 Å². The summed E-state index contributed by atoms with van der Waals surface area (Å²) >= 11 is 5.41. The summed E-state index contributed by atoms with van der Waals surface area (Å²) in [5.41, 5.74) is 2.51. The number of benzene rings is 2. The van der Waals surface area contributed by atoms with Crippen molar-refractivity contribution in [2.45, 2.75) is 12.8 Å². The lowest BCUT2D eigenvalue weighted by Gasteiger charge is -2.15. The van der Waals surface area contributed by atoms with E-state index in [9.17, 15) is 4.89 Å². The van der Waals surface area contributed by atoms with Gasteiger partial charge >= 0.3 is 0 Å². The van der Waals surface area contributed by atoms with E-state index in [0.29, 0.717) is 0 Å². The summed E-state index contributed by atoms with van der Waals surface area (Å²) < 4.78 is 0. The minimum absolute atomic E-state index is 0.735. The van der Waals surface area contributed by atoms with Crippen LogP contribution in [0.2, 0.25) is 0 Å². The lowest BCUT2D eigenvalue weighted by Crippen LogP contribution is -2.00. The third kappa shape index (κ3) is 5.28. The highest BCUT2D eigenvalue weighted by atomic mass is 32.4. The van der Waals surface area contributed by atoms with E-state index in [1.165, 1.54) is 11.1 Å². The summed E-state index contributed by atoms with van der Waals surface area (Å²) in [5.74, 6) is 0. The Morgan fingerprint density at radius 2 is 1.11 bits per heavy atom. The summed E-state index contributed by atoms with van der Waals surface area (Å²) in [6.45, 7) is 0. The molecule has 0 atom stereocenters. The van der Waals surface area contributed by atoms with Gasteiger partial charge in [-0.2, -0.15) is 0 Å². The van der Waals surface area contributed by atoms with Crippen molar-refractivity contribution in [3.63, 3.8) is 0 Å². The van der Waals surface area contributed by atoms with Crippen LogP contribution in [0.15, 0.2) is 60.7 Å². The van der Waals surface area contributed by atoms with Crippen LogP contribution in [0.25, 0.3) is 0 Å². The zero-order valence-electron chi connectivity index (χ0n) is 10.9. The highest BCUT2D eigenvalue weighted by molar-refractivity contribution is 8.11. The largest absolute Gasteiger partial charge is 0.365 e. The van der Waals surface area contributed by atoms with Crippen molar-refractivity contribution < 1.29 is 4.89 Å². The van der Waals surface area contributed by atoms with Gasteiger partial charge in [-0.25, -0.2) is 0 Å². The summed E-state index contributed by atoms with van der Waals surface area (Å²) in [7, 11) is 0. The number of aryl methyl sites for hydroxylation is 2. The van der Waals surface area contributed by atoms with E-state index in [1.807, 2.05) is 36.4 Å². The van der Waals surface area contributed by atoms with Crippen molar-refractivity contribution in [2.24, 2.45) is 0 Å². The molecule has 1 nitrogen and oxygen atoms in total. The summed E-state index contributed by atoms with van der Waals surface area (Å²) in [6.07, 6.45) is 1.04. The average molecular weight is 290 g/mol. The Bertz CT molecular complexity index is 492. The second-order valence-electron chi connectivity index (χ2n) is 4.76. The first-order chi connectivity index (χ1) is 9.16. The minimum Gasteiger partial charge on any atom is -0.365 e. The molecule has 19 heavy (non-hydrogen) atoms. The van der Waals surface area contributed by atoms with Crippen molar-refractivity contribution in [3.8, 4) is 0 Å². The van der Waals surface area contributed by atoms with Crippen molar-refractivity contribution >= 4 is 18.1 Å². The maximum atomic E-state index is 10.4. The van der Waals surface area contributed by atoms with Gasteiger partial charge < -0.3 is 4.89 Å². The SMILES string of the molecule is OP(=S)(CCc1ccccc1)CCc1ccccc1. The van der Waals surface area contributed by atoms with E-state index in [2.05, 4.69) is 24.3 Å². The van der Waals surface area contributed by atoms with Gasteiger partial charge in [0.2, 0.25) is 0 Å². The van der Waals surface area contributed by atoms with Crippen LogP contribution < -0.4 is 0 Å². The van der Waals surface area contributed by atoms with Crippen LogP contribution in [0.1, 0.15) is 11.1 Å². The molecule has 2 aromatic rings. The molecule has 0 aliphatic carbocycles. The van der Waals surface area contributed by atoms with Crippen molar-refractivity contribution in [2.75, 3.05) is 12.3 Å². The van der Waals surface area contributed by atoms with Gasteiger partial charge in [-0.05, 0) is 24.0 Å². The molecule has 0 fully saturated rings. The molecule has 0 saturated carbocycles. The lowest BCUT2D eigenvalue weighted by atomic mass is 10.2. The summed E-state index contributed by atoms with van der Waals surface area (Å²) in [6, 6.07) is 20.5. The van der Waals surface area contributed by atoms with Crippen molar-refractivity contribution in [3.05, 3.63) is 71.8 Å². The van der Waals surface area contributed by atoms with Gasteiger partial charge in [0.15, 0.2) is 0 Å². The molecule has 0 spiro atoms. The van der Waals surface area contributed by atoms with Gasteiger partial charge in [-0.15, -0.1) is 0 Å². The van der Waals surface area contributed by atoms with Crippen LogP contribution >= 0.6 is 6.26 Å². The smallest absolute Gasteiger partial charge is 0.0643 e. The molecule has 2 rings (SSSR count). The fourth-order valence-corrected chi connectivity index (χ4v) is 4.00. The Morgan fingerprint density at radius 1 is 0.737 bits per heavy atom.